The molecule has 2 aliphatic heterocycles. The van der Waals surface area contributed by atoms with Crippen LogP contribution in [0.1, 0.15) is 42.7 Å². The number of hydrogen-bond acceptors (Lipinski definition) is 7. The van der Waals surface area contributed by atoms with E-state index in [0.717, 1.165) is 50.0 Å². The average molecular weight is 464 g/mol. The molecule has 3 aromatic rings. The van der Waals surface area contributed by atoms with Crippen molar-refractivity contribution >= 4 is 6.16 Å². The molecule has 0 spiro atoms. The van der Waals surface area contributed by atoms with Crippen molar-refractivity contribution in [2.45, 2.75) is 50.4 Å². The molecule has 1 unspecified atom stereocenters. The van der Waals surface area contributed by atoms with Crippen LogP contribution < -0.4 is 0 Å². The summed E-state index contributed by atoms with van der Waals surface area (Å²) in [6.07, 6.45) is 3.28. The topological polar surface area (TPSA) is 97.9 Å². The molecule has 2 fully saturated rings. The summed E-state index contributed by atoms with van der Waals surface area (Å²) in [6, 6.07) is 18.5. The van der Waals surface area contributed by atoms with Crippen molar-refractivity contribution in [3.8, 4) is 11.4 Å². The van der Waals surface area contributed by atoms with Gasteiger partial charge in [0.2, 0.25) is 11.7 Å². The van der Waals surface area contributed by atoms with Crippen molar-refractivity contribution in [3.63, 3.8) is 0 Å². The lowest BCUT2D eigenvalue weighted by molar-refractivity contribution is -0.0901. The van der Waals surface area contributed by atoms with Crippen molar-refractivity contribution in [1.82, 2.24) is 15.0 Å². The van der Waals surface area contributed by atoms with Gasteiger partial charge in [-0.15, -0.1) is 0 Å². The normalized spacial score (nSPS) is 21.2. The number of carboxylic acid groups (broad SMARTS) is 1. The molecule has 2 aliphatic rings. The zero-order valence-corrected chi connectivity index (χ0v) is 19.1. The van der Waals surface area contributed by atoms with E-state index in [-0.39, 0.29) is 11.7 Å². The first kappa shape index (κ1) is 22.6. The Labute approximate surface area is 198 Å². The number of aryl methyl sites for hydroxylation is 1. The smallest absolute Gasteiger partial charge is 0.450 e. The van der Waals surface area contributed by atoms with E-state index in [0.29, 0.717) is 31.2 Å². The molecule has 1 N–H and O–H groups in total. The fourth-order valence-corrected chi connectivity index (χ4v) is 4.83. The van der Waals surface area contributed by atoms with Crippen molar-refractivity contribution in [3.05, 3.63) is 71.6 Å². The lowest BCUT2D eigenvalue weighted by atomic mass is 9.82. The fourth-order valence-electron chi connectivity index (χ4n) is 4.83. The van der Waals surface area contributed by atoms with Gasteiger partial charge in [0.1, 0.15) is 6.10 Å². The molecule has 2 aromatic carbocycles. The number of aromatic nitrogens is 2. The minimum Gasteiger partial charge on any atom is -0.450 e. The summed E-state index contributed by atoms with van der Waals surface area (Å²) in [7, 11) is 0. The van der Waals surface area contributed by atoms with Gasteiger partial charge in [0.25, 0.3) is 0 Å². The Kier molecular flexibility index (Phi) is 6.60. The van der Waals surface area contributed by atoms with Crippen LogP contribution in [-0.4, -0.2) is 52.1 Å². The first-order valence-electron chi connectivity index (χ1n) is 11.8. The van der Waals surface area contributed by atoms with Gasteiger partial charge in [-0.2, -0.15) is 4.98 Å². The highest BCUT2D eigenvalue weighted by atomic mass is 16.7. The molecule has 8 heteroatoms. The molecular formula is C26H29N3O5. The van der Waals surface area contributed by atoms with Crippen molar-refractivity contribution in [2.75, 3.05) is 19.7 Å². The first-order chi connectivity index (χ1) is 16.6. The van der Waals surface area contributed by atoms with Crippen LogP contribution in [0.25, 0.3) is 11.4 Å². The van der Waals surface area contributed by atoms with Crippen molar-refractivity contribution in [1.29, 1.82) is 0 Å². The van der Waals surface area contributed by atoms with Gasteiger partial charge >= 0.3 is 6.16 Å². The van der Waals surface area contributed by atoms with Crippen LogP contribution >= 0.6 is 0 Å². The predicted molar refractivity (Wildman–Crippen MR) is 124 cm³/mol. The zero-order chi connectivity index (χ0) is 23.4. The van der Waals surface area contributed by atoms with Crippen molar-refractivity contribution < 1.29 is 23.9 Å². The summed E-state index contributed by atoms with van der Waals surface area (Å²) in [4.78, 5) is 17.4. The molecule has 0 aliphatic carbocycles. The molecule has 1 aromatic heterocycles. The number of hydrogen-bond donors (Lipinski definition) is 1. The van der Waals surface area contributed by atoms with Crippen LogP contribution in [0.3, 0.4) is 0 Å². The van der Waals surface area contributed by atoms with Crippen LogP contribution in [-0.2, 0) is 28.0 Å². The number of benzene rings is 2. The minimum atomic E-state index is -1.21. The van der Waals surface area contributed by atoms with Crippen LogP contribution in [0, 0.1) is 0 Å². The Morgan fingerprint density at radius 1 is 1.12 bits per heavy atom. The van der Waals surface area contributed by atoms with Crippen LogP contribution in [0.2, 0.25) is 0 Å². The van der Waals surface area contributed by atoms with Crippen LogP contribution in [0.5, 0.6) is 0 Å². The SMILES string of the molecule is O=C(O)OC1CN(Cc2ccc(-c3noc(CCC4(c5ccccc5)CCCCO4)n3)cc2)C1. The maximum absolute atomic E-state index is 10.6. The van der Waals surface area contributed by atoms with Gasteiger partial charge in [-0.1, -0.05) is 59.8 Å². The second kappa shape index (κ2) is 9.95. The van der Waals surface area contributed by atoms with E-state index in [9.17, 15) is 4.79 Å². The number of carbonyl (C=O) groups is 1. The van der Waals surface area contributed by atoms with E-state index < -0.39 is 6.16 Å². The molecule has 0 saturated carbocycles. The van der Waals surface area contributed by atoms with Gasteiger partial charge in [0.15, 0.2) is 0 Å². The zero-order valence-electron chi connectivity index (χ0n) is 19.1. The molecule has 3 heterocycles. The van der Waals surface area contributed by atoms with Gasteiger partial charge in [-0.3, -0.25) is 4.90 Å². The van der Waals surface area contributed by atoms with Gasteiger partial charge < -0.3 is 19.1 Å². The predicted octanol–water partition coefficient (Wildman–Crippen LogP) is 4.64. The lowest BCUT2D eigenvalue weighted by Crippen LogP contribution is -2.52. The van der Waals surface area contributed by atoms with Gasteiger partial charge in [0, 0.05) is 38.2 Å². The van der Waals surface area contributed by atoms with E-state index in [1.165, 1.54) is 5.56 Å². The largest absolute Gasteiger partial charge is 0.506 e. The maximum Gasteiger partial charge on any atom is 0.506 e. The van der Waals surface area contributed by atoms with Crippen molar-refractivity contribution in [2.24, 2.45) is 0 Å². The van der Waals surface area contributed by atoms with E-state index in [4.69, 9.17) is 19.1 Å². The number of rotatable bonds is 8. The summed E-state index contributed by atoms with van der Waals surface area (Å²) in [5.74, 6) is 1.20. The molecular weight excluding hydrogens is 434 g/mol. The van der Waals surface area contributed by atoms with Crippen LogP contribution in [0.4, 0.5) is 4.79 Å². The highest BCUT2D eigenvalue weighted by Crippen LogP contribution is 2.39. The quantitative estimate of drug-likeness (QED) is 0.483. The summed E-state index contributed by atoms with van der Waals surface area (Å²) >= 11 is 0. The third kappa shape index (κ3) is 5.13. The van der Waals surface area contributed by atoms with Crippen LogP contribution in [0.15, 0.2) is 59.1 Å². The molecule has 1 atom stereocenters. The number of likely N-dealkylation sites (tertiary alicyclic amines) is 1. The first-order valence-corrected chi connectivity index (χ1v) is 11.8. The van der Waals surface area contributed by atoms with E-state index >= 15 is 0 Å². The molecule has 34 heavy (non-hydrogen) atoms. The Bertz CT molecular complexity index is 1090. The third-order valence-electron chi connectivity index (χ3n) is 6.67. The molecule has 8 nitrogen and oxygen atoms in total. The molecule has 0 radical (unpaired) electrons. The molecule has 0 bridgehead atoms. The monoisotopic (exact) mass is 463 g/mol. The fraction of sp³-hybridized carbons (Fsp3) is 0.423. The van der Waals surface area contributed by atoms with E-state index in [1.54, 1.807) is 0 Å². The Morgan fingerprint density at radius 2 is 1.91 bits per heavy atom. The molecule has 178 valence electrons. The molecule has 0 amide bonds. The second-order valence-electron chi connectivity index (χ2n) is 9.07. The Balaban J connectivity index is 1.18. The highest BCUT2D eigenvalue weighted by molar-refractivity contribution is 5.57. The second-order valence-corrected chi connectivity index (χ2v) is 9.07. The van der Waals surface area contributed by atoms with Gasteiger partial charge in [-0.25, -0.2) is 4.79 Å². The Hall–Kier alpha value is -3.23. The average Bonchev–Trinajstić information content (AvgIpc) is 3.32. The Morgan fingerprint density at radius 3 is 2.62 bits per heavy atom. The summed E-state index contributed by atoms with van der Waals surface area (Å²) < 4.78 is 16.7. The van der Waals surface area contributed by atoms with E-state index in [2.05, 4.69) is 39.3 Å². The minimum absolute atomic E-state index is 0.227. The standard InChI is InChI=1S/C26H29N3O5/c30-25(31)33-22-17-29(18-22)16-19-8-10-20(11-9-19)24-27-23(34-28-24)12-14-26(13-4-5-15-32-26)21-6-2-1-3-7-21/h1-3,6-11,22H,4-5,12-18H2,(H,30,31). The van der Waals surface area contributed by atoms with E-state index in [1.807, 2.05) is 30.3 Å². The van der Waals surface area contributed by atoms with Gasteiger partial charge in [0.05, 0.1) is 5.60 Å². The summed E-state index contributed by atoms with van der Waals surface area (Å²) in [5, 5.41) is 12.9. The molecule has 5 rings (SSSR count). The lowest BCUT2D eigenvalue weighted by Gasteiger charge is -2.37. The summed E-state index contributed by atoms with van der Waals surface area (Å²) in [6.45, 7) is 2.77. The van der Waals surface area contributed by atoms with Gasteiger partial charge in [-0.05, 0) is 36.8 Å². The molecule has 2 saturated heterocycles. The third-order valence-corrected chi connectivity index (χ3v) is 6.67. The summed E-state index contributed by atoms with van der Waals surface area (Å²) in [5.41, 5.74) is 2.97. The number of ether oxygens (including phenoxy) is 2. The highest BCUT2D eigenvalue weighted by Gasteiger charge is 2.35. The maximum atomic E-state index is 10.6. The number of nitrogens with zero attached hydrogens (tertiary/aromatic N) is 3.